The maximum Gasteiger partial charge on any atom is 0.250 e. The van der Waals surface area contributed by atoms with E-state index in [2.05, 4.69) is 349 Å². The van der Waals surface area contributed by atoms with E-state index in [0.717, 1.165) is 91.3 Å². The number of allylic oxidation sites excluding steroid dienone is 12. The second kappa shape index (κ2) is 37.8. The Hall–Kier alpha value is -4.62. The van der Waals surface area contributed by atoms with Crippen LogP contribution in [0.1, 0.15) is 398 Å². The highest BCUT2D eigenvalue weighted by atomic mass is 16.7. The summed E-state index contributed by atoms with van der Waals surface area (Å²) in [4.78, 5) is 16.7. The molecule has 13 nitrogen and oxygen atoms in total. The summed E-state index contributed by atoms with van der Waals surface area (Å²) in [6.07, 6.45) is 7.93. The number of aliphatic imine (C=N–C) groups is 1. The summed E-state index contributed by atoms with van der Waals surface area (Å²) in [6, 6.07) is 0. The van der Waals surface area contributed by atoms with Crippen molar-refractivity contribution in [2.75, 3.05) is 52.8 Å². The van der Waals surface area contributed by atoms with E-state index >= 15 is 0 Å². The van der Waals surface area contributed by atoms with Crippen LogP contribution in [0.2, 0.25) is 0 Å². The zero-order valence-electron chi connectivity index (χ0n) is 84.8. The van der Waals surface area contributed by atoms with Crippen LogP contribution < -0.4 is 0 Å². The lowest BCUT2D eigenvalue weighted by Crippen LogP contribution is -2.42. The molecule has 1 saturated carbocycles. The lowest BCUT2D eigenvalue weighted by atomic mass is 9.70. The largest absolute Gasteiger partial charge is 0.497 e. The Bertz CT molecular complexity index is 3430. The van der Waals surface area contributed by atoms with Crippen molar-refractivity contribution in [2.45, 2.75) is 409 Å². The van der Waals surface area contributed by atoms with Crippen LogP contribution in [0.3, 0.4) is 0 Å². The van der Waals surface area contributed by atoms with Crippen LogP contribution in [-0.2, 0) is 42.7 Å². The topological polar surface area (TPSA) is 148 Å². The lowest BCUT2D eigenvalue weighted by molar-refractivity contribution is -0.212. The van der Waals surface area contributed by atoms with Gasteiger partial charge >= 0.3 is 0 Å². The van der Waals surface area contributed by atoms with Crippen LogP contribution in [0, 0.1) is 86.6 Å². The molecule has 1 fully saturated rings. The number of Topliss-reactive ketones (excluding diaryl/α,β-unsaturated/α-hetero) is 1. The lowest BCUT2D eigenvalue weighted by Gasteiger charge is -2.43. The fraction of sp³-hybridized carbons (Fsp3) is 0.824. The van der Waals surface area contributed by atoms with Gasteiger partial charge in [0.05, 0.1) is 50.9 Å². The molecule has 8 aliphatic heterocycles. The summed E-state index contributed by atoms with van der Waals surface area (Å²) in [5.74, 6) is 7.16. The Morgan fingerprint density at radius 1 is 0.322 bits per heavy atom. The summed E-state index contributed by atoms with van der Waals surface area (Å²) in [5.41, 5.74) is 13.9. The van der Waals surface area contributed by atoms with Gasteiger partial charge in [0.15, 0.2) is 5.78 Å². The van der Waals surface area contributed by atoms with Crippen LogP contribution in [-0.4, -0.2) is 80.8 Å². The third kappa shape index (κ3) is 32.0. The van der Waals surface area contributed by atoms with Gasteiger partial charge in [-0.2, -0.15) is 10.2 Å². The molecule has 1 atom stereocenters. The summed E-state index contributed by atoms with van der Waals surface area (Å²) in [7, 11) is 0. The Labute approximate surface area is 709 Å². The van der Waals surface area contributed by atoms with Crippen molar-refractivity contribution >= 4 is 11.5 Å². The number of carbonyl (C=O) groups is 1. The Morgan fingerprint density at radius 3 is 0.957 bits per heavy atom. The molecular formula is C102H183N3O10. The molecule has 0 aromatic carbocycles. The monoisotopic (exact) mass is 1610 g/mol. The quantitative estimate of drug-likeness (QED) is 0.232. The van der Waals surface area contributed by atoms with E-state index < -0.39 is 5.60 Å². The van der Waals surface area contributed by atoms with Gasteiger partial charge in [-0.15, -0.1) is 0 Å². The first-order chi connectivity index (χ1) is 50.8. The van der Waals surface area contributed by atoms with E-state index in [1.807, 2.05) is 6.92 Å². The molecule has 0 aromatic rings. The van der Waals surface area contributed by atoms with Crippen LogP contribution in [0.15, 0.2) is 106 Å². The molecule has 8 heterocycles. The van der Waals surface area contributed by atoms with Gasteiger partial charge in [0, 0.05) is 103 Å². The SMILES string of the molecule is CC(C)(C)C1=C(C(C)(C)C)C(=O)CCO1.CC(C)(C)C1=C(C(C)(C)C)C(C)(O)CCO1.CC(C)(C)C1=C(C(C)(C)C)COC1.CC(C)(C)C1=C(C(C)(C)C)N=NC1.CC(C)(C)C1=C(C(C)(C)C)OC2(CCC2)O1.CC(C)(C)C1=C(C(C)(C)C)OCCC1.CC(C)(C)C1=C(C(C)(C)C)OCCO1.CC1=NC(C(C)(C)C)=C(C(C)(C)C)C1. The number of nitrogens with zero attached hydrogens (tertiary/aromatic N) is 3. The predicted molar refractivity (Wildman–Crippen MR) is 488 cm³/mol. The fourth-order valence-electron chi connectivity index (χ4n) is 15.3. The van der Waals surface area contributed by atoms with Crippen LogP contribution in [0.4, 0.5) is 0 Å². The summed E-state index contributed by atoms with van der Waals surface area (Å²) < 4.78 is 46.7. The van der Waals surface area contributed by atoms with Crippen molar-refractivity contribution in [2.24, 2.45) is 102 Å². The number of hydrogen-bond donors (Lipinski definition) is 1. The normalized spacial score (nSPS) is 21.1. The second-order valence-corrected chi connectivity index (χ2v) is 50.6. The van der Waals surface area contributed by atoms with Gasteiger partial charge in [-0.25, -0.2) is 0 Å². The van der Waals surface area contributed by atoms with E-state index in [4.69, 9.17) is 42.9 Å². The number of azo groups is 1. The smallest absolute Gasteiger partial charge is 0.250 e. The molecule has 0 amide bonds. The average molecular weight is 1610 g/mol. The van der Waals surface area contributed by atoms with E-state index in [9.17, 15) is 9.90 Å². The fourth-order valence-corrected chi connectivity index (χ4v) is 15.3. The van der Waals surface area contributed by atoms with Gasteiger partial charge in [-0.05, 0) is 98.9 Å². The van der Waals surface area contributed by atoms with Crippen LogP contribution in [0.25, 0.3) is 0 Å². The minimum Gasteiger partial charge on any atom is -0.497 e. The Kier molecular flexibility index (Phi) is 35.0. The number of ether oxygens (including phenoxy) is 8. The molecule has 9 aliphatic rings. The Balaban J connectivity index is 0.000000446. The average Bonchev–Trinajstić information content (AvgIpc) is 1.60. The van der Waals surface area contributed by atoms with Crippen molar-refractivity contribution in [3.8, 4) is 0 Å². The molecule has 0 bridgehead atoms. The highest BCUT2D eigenvalue weighted by Crippen LogP contribution is 2.55. The number of aliphatic hydroxyl groups is 1. The molecule has 9 rings (SSSR count). The standard InChI is InChI=1S/C14H24O2.C14H26O2.C13H23N.C13H22O2.C13H24O.C12H22O2.C12H22O.C11H20N2/c1-12(2,3)10-11(13(4,5)6)16-14(15-10)8-7-9-14;1-12(2,3)10-11(13(4,5)6)16-9-8-14(10,7)15;1-9-8-10(12(2,3)4)11(14-9)13(5,6)7;1-12(2,3)10-9(14)7-8-15-11(10)13(4,5)6;1-12(2,3)10-8-7-9-14-11(10)13(4,5)6;1-11(2,3)9-10(12(4,5)6)14-8-7-13-9;1-11(2,3)9-7-13-8-10(9)12(4,5)6;1-10(2,3)8-7-12-13-9(8)11(4,5)6/h7-9H2,1-6H3;15H,8-9H2,1-7H3;8H2,1-7H3;7-8H2,1-6H3;7-9H2,1-6H3;7-8H2,1-6H3;7-8H2,1-6H3;7H2,1-6H3. The molecule has 115 heavy (non-hydrogen) atoms. The molecule has 1 unspecified atom stereocenters. The van der Waals surface area contributed by atoms with Crippen molar-refractivity contribution in [3.63, 3.8) is 0 Å². The second-order valence-electron chi connectivity index (χ2n) is 50.6. The van der Waals surface area contributed by atoms with Crippen molar-refractivity contribution < 1.29 is 47.8 Å². The molecule has 0 aromatic heterocycles. The minimum absolute atomic E-state index is 0.0295. The zero-order chi connectivity index (χ0) is 90.5. The number of ketones is 1. The maximum absolute atomic E-state index is 12.0. The van der Waals surface area contributed by atoms with Gasteiger partial charge in [-0.1, -0.05) is 332 Å². The number of carbonyl (C=O) groups excluding carboxylic acids is 1. The molecule has 13 heteroatoms. The van der Waals surface area contributed by atoms with Gasteiger partial charge in [0.25, 0.3) is 5.79 Å². The molecule has 1 spiro atoms. The minimum atomic E-state index is -0.737. The molecular weight excluding hydrogens is 1430 g/mol. The molecule has 1 N–H and O–H groups in total. The highest BCUT2D eigenvalue weighted by molar-refractivity contribution is 5.97. The van der Waals surface area contributed by atoms with Gasteiger partial charge in [-0.3, -0.25) is 9.79 Å². The summed E-state index contributed by atoms with van der Waals surface area (Å²) >= 11 is 0. The third-order valence-corrected chi connectivity index (χ3v) is 21.2. The van der Waals surface area contributed by atoms with E-state index in [1.165, 1.54) is 70.0 Å². The van der Waals surface area contributed by atoms with Crippen molar-refractivity contribution in [1.29, 1.82) is 0 Å². The molecule has 0 radical (unpaired) electrons. The van der Waals surface area contributed by atoms with Crippen LogP contribution >= 0.6 is 0 Å². The number of rotatable bonds is 0. The third-order valence-electron chi connectivity index (χ3n) is 21.2. The first kappa shape index (κ1) is 106. The van der Waals surface area contributed by atoms with E-state index in [0.29, 0.717) is 39.3 Å². The first-order valence-electron chi connectivity index (χ1n) is 44.0. The van der Waals surface area contributed by atoms with E-state index in [1.54, 1.807) is 0 Å². The van der Waals surface area contributed by atoms with Crippen LogP contribution in [0.5, 0.6) is 0 Å². The van der Waals surface area contributed by atoms with Crippen molar-refractivity contribution in [1.82, 2.24) is 0 Å². The van der Waals surface area contributed by atoms with Gasteiger partial charge in [0.1, 0.15) is 53.5 Å². The summed E-state index contributed by atoms with van der Waals surface area (Å²) in [5, 5.41) is 19.0. The zero-order valence-corrected chi connectivity index (χ0v) is 84.8. The van der Waals surface area contributed by atoms with Gasteiger partial charge < -0.3 is 43.0 Å². The molecule has 0 saturated heterocycles. The molecule has 1 aliphatic carbocycles. The Morgan fingerprint density at radius 2 is 0.678 bits per heavy atom. The van der Waals surface area contributed by atoms with E-state index in [-0.39, 0.29) is 98.2 Å². The molecule has 666 valence electrons. The maximum atomic E-state index is 12.0. The summed E-state index contributed by atoms with van der Waals surface area (Å²) in [6.45, 7) is 115. The first-order valence-corrected chi connectivity index (χ1v) is 44.0. The number of hydrogen-bond acceptors (Lipinski definition) is 13. The highest BCUT2D eigenvalue weighted by Gasteiger charge is 2.53. The van der Waals surface area contributed by atoms with Gasteiger partial charge in [0.2, 0.25) is 0 Å². The predicted octanol–water partition coefficient (Wildman–Crippen LogP) is 29.9. The van der Waals surface area contributed by atoms with Crippen molar-refractivity contribution in [3.05, 3.63) is 90.7 Å².